The Hall–Kier alpha value is -2.88. The Bertz CT molecular complexity index is 922. The molecule has 0 radical (unpaired) electrons. The molecular weight excluding hydrogens is 388 g/mol. The van der Waals surface area contributed by atoms with E-state index in [1.54, 1.807) is 13.8 Å². The van der Waals surface area contributed by atoms with Crippen molar-refractivity contribution in [2.45, 2.75) is 31.2 Å². The number of hydrogen-bond acceptors (Lipinski definition) is 7. The van der Waals surface area contributed by atoms with E-state index in [-0.39, 0.29) is 28.3 Å². The number of benzene rings is 1. The molecule has 0 aromatic heterocycles. The summed E-state index contributed by atoms with van der Waals surface area (Å²) in [6, 6.07) is 4.50. The highest BCUT2D eigenvalue weighted by Crippen LogP contribution is 2.19. The van der Waals surface area contributed by atoms with Gasteiger partial charge in [-0.05, 0) is 25.5 Å². The zero-order valence-electron chi connectivity index (χ0n) is 15.8. The van der Waals surface area contributed by atoms with E-state index < -0.39 is 40.5 Å². The molecule has 0 saturated carbocycles. The van der Waals surface area contributed by atoms with Crippen molar-refractivity contribution in [2.24, 2.45) is 0 Å². The number of carbonyl (C=O) groups excluding carboxylic acids is 3. The minimum Gasteiger partial charge on any atom is -0.463 e. The molecule has 2 amide bonds. The fraction of sp³-hybridized carbons (Fsp3) is 0.389. The van der Waals surface area contributed by atoms with Gasteiger partial charge in [0, 0.05) is 6.26 Å². The zero-order valence-corrected chi connectivity index (χ0v) is 16.6. The summed E-state index contributed by atoms with van der Waals surface area (Å²) in [4.78, 5) is 36.4. The number of carbonyl (C=O) groups is 3. The third-order valence-electron chi connectivity index (χ3n) is 4.00. The molecule has 1 unspecified atom stereocenters. The Kier molecular flexibility index (Phi) is 6.79. The Morgan fingerprint density at radius 3 is 2.39 bits per heavy atom. The van der Waals surface area contributed by atoms with Gasteiger partial charge in [0.15, 0.2) is 9.84 Å². The maximum absolute atomic E-state index is 12.4. The maximum Gasteiger partial charge on any atom is 0.339 e. The lowest BCUT2D eigenvalue weighted by Gasteiger charge is -2.28. The Balaban J connectivity index is 2.31. The normalized spacial score (nSPS) is 16.8. The molecule has 9 nitrogen and oxygen atoms in total. The number of esters is 2. The summed E-state index contributed by atoms with van der Waals surface area (Å²) in [5.41, 5.74) is 0.128. The van der Waals surface area contributed by atoms with Crippen LogP contribution in [0.1, 0.15) is 30.6 Å². The van der Waals surface area contributed by atoms with Crippen LogP contribution in [-0.2, 0) is 24.1 Å². The fourth-order valence-corrected chi connectivity index (χ4v) is 3.63. The summed E-state index contributed by atoms with van der Waals surface area (Å²) >= 11 is 0. The predicted octanol–water partition coefficient (Wildman–Crippen LogP) is 1.16. The summed E-state index contributed by atoms with van der Waals surface area (Å²) < 4.78 is 33.9. The van der Waals surface area contributed by atoms with E-state index in [4.69, 9.17) is 9.47 Å². The van der Waals surface area contributed by atoms with Crippen molar-refractivity contribution in [3.8, 4) is 0 Å². The fourth-order valence-electron chi connectivity index (χ4n) is 2.75. The van der Waals surface area contributed by atoms with E-state index >= 15 is 0 Å². The van der Waals surface area contributed by atoms with E-state index in [1.807, 2.05) is 0 Å². The minimum atomic E-state index is -3.64. The number of ether oxygens (including phenoxy) is 2. The molecule has 1 atom stereocenters. The van der Waals surface area contributed by atoms with Gasteiger partial charge in [0.1, 0.15) is 6.61 Å². The molecule has 28 heavy (non-hydrogen) atoms. The van der Waals surface area contributed by atoms with Crippen LogP contribution in [0, 0.1) is 0 Å². The molecule has 10 heteroatoms. The van der Waals surface area contributed by atoms with Gasteiger partial charge in [-0.15, -0.1) is 0 Å². The van der Waals surface area contributed by atoms with Gasteiger partial charge in [-0.25, -0.2) is 22.8 Å². The molecule has 0 bridgehead atoms. The monoisotopic (exact) mass is 410 g/mol. The molecule has 0 spiro atoms. The second-order valence-electron chi connectivity index (χ2n) is 6.02. The first-order chi connectivity index (χ1) is 13.2. The van der Waals surface area contributed by atoms with Crippen LogP contribution in [0.25, 0.3) is 0 Å². The molecule has 152 valence electrons. The number of nitrogens with one attached hydrogen (secondary N) is 2. The molecule has 1 heterocycles. The van der Waals surface area contributed by atoms with Crippen LogP contribution < -0.4 is 10.6 Å². The smallest absolute Gasteiger partial charge is 0.339 e. The third-order valence-corrected chi connectivity index (χ3v) is 5.16. The van der Waals surface area contributed by atoms with Crippen molar-refractivity contribution in [1.29, 1.82) is 0 Å². The molecule has 1 aromatic carbocycles. The zero-order chi connectivity index (χ0) is 20.9. The third kappa shape index (κ3) is 4.89. The first-order valence-electron chi connectivity index (χ1n) is 8.62. The average molecular weight is 410 g/mol. The quantitative estimate of drug-likeness (QED) is 0.646. The minimum absolute atomic E-state index is 0.0965. The molecule has 0 aliphatic carbocycles. The van der Waals surface area contributed by atoms with Gasteiger partial charge in [0.25, 0.3) is 0 Å². The maximum atomic E-state index is 12.4. The number of hydrogen-bond donors (Lipinski definition) is 2. The van der Waals surface area contributed by atoms with Crippen LogP contribution >= 0.6 is 0 Å². The van der Waals surface area contributed by atoms with Crippen molar-refractivity contribution in [1.82, 2.24) is 10.6 Å². The number of sulfone groups is 1. The lowest BCUT2D eigenvalue weighted by molar-refractivity contribution is -0.139. The van der Waals surface area contributed by atoms with Crippen molar-refractivity contribution >= 4 is 27.8 Å². The number of rotatable bonds is 7. The molecule has 1 aromatic rings. The highest BCUT2D eigenvalue weighted by Gasteiger charge is 2.32. The standard InChI is InChI=1S/C18H22N2O7S/c1-4-12-15(17(22)26-5-2)13(20-18(23)19-12)10-27-16(21)11-8-6-7-9-14(11)28(3,24)25/h6-9,12H,4-5,10H2,1-3H3,(H2,19,20,23). The van der Waals surface area contributed by atoms with Gasteiger partial charge in [-0.3, -0.25) is 0 Å². The van der Waals surface area contributed by atoms with Gasteiger partial charge in [0.05, 0.1) is 34.4 Å². The number of urea groups is 1. The molecule has 0 saturated heterocycles. The van der Waals surface area contributed by atoms with Gasteiger partial charge < -0.3 is 20.1 Å². The highest BCUT2D eigenvalue weighted by molar-refractivity contribution is 7.90. The highest BCUT2D eigenvalue weighted by atomic mass is 32.2. The van der Waals surface area contributed by atoms with Crippen molar-refractivity contribution in [2.75, 3.05) is 19.5 Å². The van der Waals surface area contributed by atoms with Gasteiger partial charge >= 0.3 is 18.0 Å². The molecule has 2 N–H and O–H groups in total. The van der Waals surface area contributed by atoms with Crippen molar-refractivity contribution < 1.29 is 32.3 Å². The average Bonchev–Trinajstić information content (AvgIpc) is 2.64. The van der Waals surface area contributed by atoms with Gasteiger partial charge in [0.2, 0.25) is 0 Å². The van der Waals surface area contributed by atoms with Crippen molar-refractivity contribution in [3.63, 3.8) is 0 Å². The second kappa shape index (κ2) is 8.87. The summed E-state index contributed by atoms with van der Waals surface area (Å²) in [5, 5.41) is 5.06. The van der Waals surface area contributed by atoms with Crippen LogP contribution in [0.15, 0.2) is 40.4 Å². The largest absolute Gasteiger partial charge is 0.463 e. The van der Waals surface area contributed by atoms with E-state index in [1.165, 1.54) is 24.3 Å². The summed E-state index contributed by atoms with van der Waals surface area (Å²) in [5.74, 6) is -1.53. The Morgan fingerprint density at radius 1 is 1.11 bits per heavy atom. The van der Waals surface area contributed by atoms with Gasteiger partial charge in [-0.1, -0.05) is 19.1 Å². The van der Waals surface area contributed by atoms with E-state index in [0.717, 1.165) is 6.26 Å². The molecule has 2 rings (SSSR count). The van der Waals surface area contributed by atoms with Crippen LogP contribution in [0.2, 0.25) is 0 Å². The lowest BCUT2D eigenvalue weighted by Crippen LogP contribution is -2.51. The van der Waals surface area contributed by atoms with Crippen LogP contribution in [0.5, 0.6) is 0 Å². The summed E-state index contributed by atoms with van der Waals surface area (Å²) in [7, 11) is -3.64. The van der Waals surface area contributed by atoms with E-state index in [0.29, 0.717) is 6.42 Å². The summed E-state index contributed by atoms with van der Waals surface area (Å²) in [6.45, 7) is 3.15. The molecule has 0 fully saturated rings. The van der Waals surface area contributed by atoms with Crippen LogP contribution in [-0.4, -0.2) is 51.9 Å². The first kappa shape index (κ1) is 21.4. The first-order valence-corrected chi connectivity index (χ1v) is 10.5. The van der Waals surface area contributed by atoms with Crippen LogP contribution in [0.3, 0.4) is 0 Å². The molecule has 1 aliphatic heterocycles. The Labute approximate surface area is 163 Å². The number of amides is 2. The second-order valence-corrected chi connectivity index (χ2v) is 8.00. The Morgan fingerprint density at radius 2 is 1.79 bits per heavy atom. The van der Waals surface area contributed by atoms with Crippen molar-refractivity contribution in [3.05, 3.63) is 41.1 Å². The molecule has 1 aliphatic rings. The lowest BCUT2D eigenvalue weighted by atomic mass is 10.0. The van der Waals surface area contributed by atoms with Gasteiger partial charge in [-0.2, -0.15) is 0 Å². The summed E-state index contributed by atoms with van der Waals surface area (Å²) in [6.07, 6.45) is 1.41. The SMILES string of the molecule is CCOC(=O)C1=C(COC(=O)c2ccccc2S(C)(=O)=O)NC(=O)NC1CC. The predicted molar refractivity (Wildman–Crippen MR) is 99.2 cm³/mol. The molecular formula is C18H22N2O7S. The van der Waals surface area contributed by atoms with Crippen LogP contribution in [0.4, 0.5) is 4.79 Å². The van der Waals surface area contributed by atoms with E-state index in [9.17, 15) is 22.8 Å². The topological polar surface area (TPSA) is 128 Å². The van der Waals surface area contributed by atoms with E-state index in [2.05, 4.69) is 10.6 Å².